The largest absolute Gasteiger partial charge is 0.399 e. The Bertz CT molecular complexity index is 480. The second-order valence-electron chi connectivity index (χ2n) is 4.62. The van der Waals surface area contributed by atoms with Gasteiger partial charge in [0.05, 0.1) is 0 Å². The minimum Gasteiger partial charge on any atom is -0.399 e. The Morgan fingerprint density at radius 3 is 2.68 bits per heavy atom. The maximum Gasteiger partial charge on any atom is 0.251 e. The van der Waals surface area contributed by atoms with Crippen LogP contribution in [0.15, 0.2) is 18.2 Å². The Labute approximate surface area is 116 Å². The van der Waals surface area contributed by atoms with Crippen LogP contribution in [0.25, 0.3) is 0 Å². The topological polar surface area (TPSA) is 84.2 Å². The van der Waals surface area contributed by atoms with Crippen LogP contribution in [0.5, 0.6) is 0 Å². The van der Waals surface area contributed by atoms with Gasteiger partial charge >= 0.3 is 0 Å². The van der Waals surface area contributed by atoms with Gasteiger partial charge in [0.1, 0.15) is 0 Å². The van der Waals surface area contributed by atoms with E-state index >= 15 is 0 Å². The summed E-state index contributed by atoms with van der Waals surface area (Å²) < 4.78 is 0. The van der Waals surface area contributed by atoms with Crippen LogP contribution in [-0.4, -0.2) is 24.4 Å². The van der Waals surface area contributed by atoms with Gasteiger partial charge in [0, 0.05) is 35.3 Å². The molecule has 0 aromatic heterocycles. The van der Waals surface area contributed by atoms with Crippen molar-refractivity contribution in [3.63, 3.8) is 0 Å². The van der Waals surface area contributed by atoms with Gasteiger partial charge in [-0.15, -0.1) is 0 Å². The van der Waals surface area contributed by atoms with E-state index in [1.165, 1.54) is 6.07 Å². The highest BCUT2D eigenvalue weighted by molar-refractivity contribution is 6.31. The second-order valence-corrected chi connectivity index (χ2v) is 5.06. The van der Waals surface area contributed by atoms with Crippen molar-refractivity contribution in [2.45, 2.75) is 25.3 Å². The summed E-state index contributed by atoms with van der Waals surface area (Å²) >= 11 is 5.82. The Morgan fingerprint density at radius 1 is 1.32 bits per heavy atom. The van der Waals surface area contributed by atoms with Crippen molar-refractivity contribution < 1.29 is 9.59 Å². The fraction of sp³-hybridized carbons (Fsp3) is 0.385. The van der Waals surface area contributed by atoms with Crippen molar-refractivity contribution in [1.82, 2.24) is 10.6 Å². The molecule has 1 saturated carbocycles. The first kappa shape index (κ1) is 13.7. The number of nitrogens with two attached hydrogens (primary N) is 1. The monoisotopic (exact) mass is 281 g/mol. The average molecular weight is 282 g/mol. The molecule has 0 aliphatic heterocycles. The third-order valence-corrected chi connectivity index (χ3v) is 2.98. The molecule has 0 atom stereocenters. The number of carbonyl (C=O) groups is 2. The number of benzene rings is 1. The highest BCUT2D eigenvalue weighted by Gasteiger charge is 2.22. The highest BCUT2D eigenvalue weighted by Crippen LogP contribution is 2.18. The number of hydrogen-bond acceptors (Lipinski definition) is 3. The quantitative estimate of drug-likeness (QED) is 0.712. The predicted molar refractivity (Wildman–Crippen MR) is 74.0 cm³/mol. The molecule has 1 fully saturated rings. The van der Waals surface area contributed by atoms with E-state index in [-0.39, 0.29) is 18.2 Å². The normalized spacial score (nSPS) is 13.9. The highest BCUT2D eigenvalue weighted by atomic mass is 35.5. The molecular formula is C13H16ClN3O2. The third-order valence-electron chi connectivity index (χ3n) is 2.76. The molecule has 1 aromatic rings. The summed E-state index contributed by atoms with van der Waals surface area (Å²) in [4.78, 5) is 23.2. The number of amides is 2. The summed E-state index contributed by atoms with van der Waals surface area (Å²) in [6, 6.07) is 5.00. The number of hydrogen-bond donors (Lipinski definition) is 3. The molecule has 0 spiro atoms. The summed E-state index contributed by atoms with van der Waals surface area (Å²) in [6.45, 7) is 0.295. The lowest BCUT2D eigenvalue weighted by Gasteiger charge is -2.07. The van der Waals surface area contributed by atoms with Crippen molar-refractivity contribution in [2.75, 3.05) is 12.3 Å². The molecule has 1 aliphatic carbocycles. The van der Waals surface area contributed by atoms with E-state index in [0.717, 1.165) is 12.8 Å². The van der Waals surface area contributed by atoms with Gasteiger partial charge in [-0.05, 0) is 31.0 Å². The van der Waals surface area contributed by atoms with E-state index in [4.69, 9.17) is 17.3 Å². The van der Waals surface area contributed by atoms with Crippen molar-refractivity contribution in [3.05, 3.63) is 28.8 Å². The van der Waals surface area contributed by atoms with Gasteiger partial charge in [-0.25, -0.2) is 0 Å². The molecule has 0 radical (unpaired) electrons. The maximum atomic E-state index is 11.8. The van der Waals surface area contributed by atoms with E-state index in [0.29, 0.717) is 28.9 Å². The van der Waals surface area contributed by atoms with E-state index in [2.05, 4.69) is 10.6 Å². The molecule has 1 aromatic carbocycles. The lowest BCUT2D eigenvalue weighted by atomic mass is 10.2. The molecule has 0 bridgehead atoms. The zero-order chi connectivity index (χ0) is 13.8. The van der Waals surface area contributed by atoms with Gasteiger partial charge in [-0.1, -0.05) is 11.6 Å². The SMILES string of the molecule is Nc1cc(Cl)cc(C(=O)NCCC(=O)NC2CC2)c1. The molecule has 6 heteroatoms. The third kappa shape index (κ3) is 4.44. The molecular weight excluding hydrogens is 266 g/mol. The Balaban J connectivity index is 1.78. The maximum absolute atomic E-state index is 11.8. The first-order valence-electron chi connectivity index (χ1n) is 6.18. The lowest BCUT2D eigenvalue weighted by molar-refractivity contribution is -0.121. The van der Waals surface area contributed by atoms with Gasteiger partial charge in [0.2, 0.25) is 5.91 Å². The van der Waals surface area contributed by atoms with Crippen LogP contribution in [0.4, 0.5) is 5.69 Å². The molecule has 5 nitrogen and oxygen atoms in total. The van der Waals surface area contributed by atoms with E-state index in [1.54, 1.807) is 12.1 Å². The Kier molecular flexibility index (Phi) is 4.27. The molecule has 4 N–H and O–H groups in total. The Hall–Kier alpha value is -1.75. The van der Waals surface area contributed by atoms with Crippen LogP contribution in [0.2, 0.25) is 5.02 Å². The van der Waals surface area contributed by atoms with Crippen molar-refractivity contribution >= 4 is 29.1 Å². The van der Waals surface area contributed by atoms with Gasteiger partial charge in [0.15, 0.2) is 0 Å². The van der Waals surface area contributed by atoms with Crippen LogP contribution >= 0.6 is 11.6 Å². The van der Waals surface area contributed by atoms with Gasteiger partial charge in [-0.2, -0.15) is 0 Å². The van der Waals surface area contributed by atoms with Crippen molar-refractivity contribution in [1.29, 1.82) is 0 Å². The number of rotatable bonds is 5. The van der Waals surface area contributed by atoms with Crippen LogP contribution in [-0.2, 0) is 4.79 Å². The van der Waals surface area contributed by atoms with Crippen LogP contribution in [0, 0.1) is 0 Å². The summed E-state index contributed by atoms with van der Waals surface area (Å²) in [7, 11) is 0. The molecule has 102 valence electrons. The molecule has 0 heterocycles. The molecule has 0 saturated heterocycles. The molecule has 1 aliphatic rings. The zero-order valence-corrected chi connectivity index (χ0v) is 11.2. The van der Waals surface area contributed by atoms with E-state index in [9.17, 15) is 9.59 Å². The van der Waals surface area contributed by atoms with Gasteiger partial charge in [-0.3, -0.25) is 9.59 Å². The van der Waals surface area contributed by atoms with Crippen LogP contribution < -0.4 is 16.4 Å². The van der Waals surface area contributed by atoms with Crippen molar-refractivity contribution in [2.24, 2.45) is 0 Å². The number of nitrogen functional groups attached to an aromatic ring is 1. The zero-order valence-electron chi connectivity index (χ0n) is 10.4. The minimum atomic E-state index is -0.284. The number of anilines is 1. The summed E-state index contributed by atoms with van der Waals surface area (Å²) in [5, 5.41) is 5.93. The van der Waals surface area contributed by atoms with Crippen LogP contribution in [0.3, 0.4) is 0 Å². The summed E-state index contributed by atoms with van der Waals surface area (Å²) in [6.07, 6.45) is 2.39. The van der Waals surface area contributed by atoms with Crippen LogP contribution in [0.1, 0.15) is 29.6 Å². The smallest absolute Gasteiger partial charge is 0.251 e. The number of carbonyl (C=O) groups excluding carboxylic acids is 2. The van der Waals surface area contributed by atoms with Crippen molar-refractivity contribution in [3.8, 4) is 0 Å². The molecule has 19 heavy (non-hydrogen) atoms. The molecule has 2 rings (SSSR count). The Morgan fingerprint density at radius 2 is 2.05 bits per heavy atom. The lowest BCUT2D eigenvalue weighted by Crippen LogP contribution is -2.31. The fourth-order valence-corrected chi connectivity index (χ4v) is 1.91. The average Bonchev–Trinajstić information content (AvgIpc) is 3.11. The number of halogens is 1. The predicted octanol–water partition coefficient (Wildman–Crippen LogP) is 1.32. The van der Waals surface area contributed by atoms with E-state index in [1.807, 2.05) is 0 Å². The second kappa shape index (κ2) is 5.93. The first-order chi connectivity index (χ1) is 9.04. The van der Waals surface area contributed by atoms with Gasteiger partial charge < -0.3 is 16.4 Å². The van der Waals surface area contributed by atoms with Gasteiger partial charge in [0.25, 0.3) is 5.91 Å². The first-order valence-corrected chi connectivity index (χ1v) is 6.56. The minimum absolute atomic E-state index is 0.0339. The molecule has 2 amide bonds. The van der Waals surface area contributed by atoms with E-state index < -0.39 is 0 Å². The fourth-order valence-electron chi connectivity index (χ4n) is 1.66. The molecule has 0 unspecified atom stereocenters. The number of nitrogens with one attached hydrogen (secondary N) is 2. The summed E-state index contributed by atoms with van der Waals surface area (Å²) in [5.74, 6) is -0.318. The standard InChI is InChI=1S/C13H16ClN3O2/c14-9-5-8(6-10(15)7-9)13(19)16-4-3-12(18)17-11-1-2-11/h5-7,11H,1-4,15H2,(H,16,19)(H,17,18). The summed E-state index contributed by atoms with van der Waals surface area (Å²) in [5.41, 5.74) is 6.44.